The second-order valence-electron chi connectivity index (χ2n) is 13.2. The SMILES string of the molecule is C/C=C\C(=C/C)c1ccc(C2=NC(c3cc(-c4cccc5c4C(C)/C=C\C=C/CC5)c4sc5ccccc5c4c3)N=C(c3ccccc3)N2)cc1. The number of aliphatic imine (C=N–C) groups is 2. The molecule has 0 radical (unpaired) electrons. The molecule has 2 heterocycles. The van der Waals surface area contributed by atoms with Gasteiger partial charge in [0.1, 0.15) is 11.7 Å². The van der Waals surface area contributed by atoms with Gasteiger partial charge in [-0.05, 0) is 78.3 Å². The smallest absolute Gasteiger partial charge is 0.169 e. The molecule has 1 aliphatic heterocycles. The van der Waals surface area contributed by atoms with Crippen LogP contribution in [0.4, 0.5) is 0 Å². The molecule has 0 fully saturated rings. The normalized spacial score (nSPS) is 19.1. The minimum absolute atomic E-state index is 0.275. The summed E-state index contributed by atoms with van der Waals surface area (Å²) in [7, 11) is 0. The number of thiophene rings is 1. The molecule has 0 bridgehead atoms. The summed E-state index contributed by atoms with van der Waals surface area (Å²) in [5.41, 5.74) is 10.9. The van der Waals surface area contributed by atoms with E-state index in [4.69, 9.17) is 9.98 Å². The van der Waals surface area contributed by atoms with Gasteiger partial charge in [-0.2, -0.15) is 0 Å². The Kier molecular flexibility index (Phi) is 9.17. The molecule has 0 spiro atoms. The molecular formula is C47H41N3S. The summed E-state index contributed by atoms with van der Waals surface area (Å²) >= 11 is 1.88. The Bertz CT molecular complexity index is 2420. The first kappa shape index (κ1) is 32.6. The van der Waals surface area contributed by atoms with Gasteiger partial charge >= 0.3 is 0 Å². The number of fused-ring (bicyclic) bond motifs is 4. The van der Waals surface area contributed by atoms with Crippen LogP contribution in [0.2, 0.25) is 0 Å². The standard InChI is InChI=1S/C47H41N3S/c1-4-16-32(5-2)33-25-27-36(28-26-33)46-48-45(35-19-11-8-12-20-35)49-47(50-46)37-29-40-38-22-13-14-24-42(38)51-44(40)41(30-37)39-23-15-21-34-18-10-7-6-9-17-31(3)43(34)39/h4-9,11-17,19-31,47H,10,18H2,1-3H3,(H,48,49,50)/b7-6-,16-4-,17-9-,32-5+. The van der Waals surface area contributed by atoms with E-state index in [0.717, 1.165) is 41.2 Å². The van der Waals surface area contributed by atoms with Crippen LogP contribution in [0.3, 0.4) is 0 Å². The fraction of sp³-hybridized carbons (Fsp3) is 0.149. The van der Waals surface area contributed by atoms with E-state index in [9.17, 15) is 0 Å². The lowest BCUT2D eigenvalue weighted by Crippen LogP contribution is -2.36. The molecule has 1 N–H and O–H groups in total. The molecule has 5 aromatic carbocycles. The van der Waals surface area contributed by atoms with Crippen molar-refractivity contribution >= 4 is 48.8 Å². The van der Waals surface area contributed by atoms with Gasteiger partial charge in [0, 0.05) is 42.8 Å². The van der Waals surface area contributed by atoms with Gasteiger partial charge in [0.15, 0.2) is 6.17 Å². The Morgan fingerprint density at radius 2 is 1.53 bits per heavy atom. The van der Waals surface area contributed by atoms with E-state index in [0.29, 0.717) is 0 Å². The van der Waals surface area contributed by atoms with Crippen molar-refractivity contribution in [3.05, 3.63) is 185 Å². The van der Waals surface area contributed by atoms with Crippen molar-refractivity contribution in [3.8, 4) is 11.1 Å². The number of hydrogen-bond donors (Lipinski definition) is 1. The molecule has 1 aromatic heterocycles. The van der Waals surface area contributed by atoms with E-state index in [1.54, 1.807) is 0 Å². The Labute approximate surface area is 304 Å². The highest BCUT2D eigenvalue weighted by molar-refractivity contribution is 7.26. The number of nitrogens with one attached hydrogen (secondary N) is 1. The number of nitrogens with zero attached hydrogens (tertiary/aromatic N) is 2. The number of benzene rings is 5. The highest BCUT2D eigenvalue weighted by atomic mass is 32.1. The third kappa shape index (κ3) is 6.44. The van der Waals surface area contributed by atoms with Crippen LogP contribution in [-0.2, 0) is 6.42 Å². The first-order chi connectivity index (χ1) is 25.1. The predicted molar refractivity (Wildman–Crippen MR) is 220 cm³/mol. The fourth-order valence-corrected chi connectivity index (χ4v) is 8.60. The second kappa shape index (κ2) is 14.3. The van der Waals surface area contributed by atoms with E-state index < -0.39 is 6.17 Å². The van der Waals surface area contributed by atoms with Crippen LogP contribution in [0.1, 0.15) is 72.7 Å². The lowest BCUT2D eigenvalue weighted by molar-refractivity contribution is 0.757. The number of aryl methyl sites for hydroxylation is 1. The molecule has 4 heteroatoms. The average Bonchev–Trinajstić information content (AvgIpc) is 3.60. The summed E-state index contributed by atoms with van der Waals surface area (Å²) in [5.74, 6) is 1.91. The molecule has 1 aliphatic carbocycles. The minimum atomic E-state index is -0.428. The Hall–Kier alpha value is -5.58. The van der Waals surface area contributed by atoms with Crippen LogP contribution in [0.5, 0.6) is 0 Å². The van der Waals surface area contributed by atoms with E-state index in [-0.39, 0.29) is 5.92 Å². The summed E-state index contributed by atoms with van der Waals surface area (Å²) in [6.45, 7) is 6.46. The van der Waals surface area contributed by atoms with E-state index in [1.165, 1.54) is 53.6 Å². The summed E-state index contributed by atoms with van der Waals surface area (Å²) < 4.78 is 2.60. The van der Waals surface area contributed by atoms with Gasteiger partial charge in [0.2, 0.25) is 0 Å². The van der Waals surface area contributed by atoms with Gasteiger partial charge in [-0.1, -0.05) is 140 Å². The molecule has 2 aliphatic rings. The third-order valence-corrected chi connectivity index (χ3v) is 11.1. The van der Waals surface area contributed by atoms with Crippen LogP contribution >= 0.6 is 11.3 Å². The van der Waals surface area contributed by atoms with Gasteiger partial charge < -0.3 is 5.32 Å². The zero-order valence-corrected chi connectivity index (χ0v) is 30.1. The lowest BCUT2D eigenvalue weighted by Gasteiger charge is -2.24. The highest BCUT2D eigenvalue weighted by Gasteiger charge is 2.25. The van der Waals surface area contributed by atoms with Gasteiger partial charge in [0.05, 0.1) is 0 Å². The first-order valence-corrected chi connectivity index (χ1v) is 18.7. The molecule has 2 atom stereocenters. The molecule has 0 saturated heterocycles. The van der Waals surface area contributed by atoms with Gasteiger partial charge in [0.25, 0.3) is 0 Å². The molecule has 3 nitrogen and oxygen atoms in total. The summed E-state index contributed by atoms with van der Waals surface area (Å²) in [6.07, 6.45) is 17.0. The fourth-order valence-electron chi connectivity index (χ4n) is 7.39. The maximum Gasteiger partial charge on any atom is 0.169 e. The van der Waals surface area contributed by atoms with Crippen molar-refractivity contribution < 1.29 is 0 Å². The summed E-state index contributed by atoms with van der Waals surface area (Å²) in [4.78, 5) is 10.7. The van der Waals surface area contributed by atoms with Crippen LogP contribution in [0.25, 0.3) is 36.9 Å². The van der Waals surface area contributed by atoms with Crippen LogP contribution < -0.4 is 5.32 Å². The van der Waals surface area contributed by atoms with Crippen molar-refractivity contribution in [2.75, 3.05) is 0 Å². The van der Waals surface area contributed by atoms with Gasteiger partial charge in [-0.25, -0.2) is 9.98 Å². The monoisotopic (exact) mass is 679 g/mol. The number of allylic oxidation sites excluding steroid dienone is 8. The molecule has 250 valence electrons. The maximum absolute atomic E-state index is 5.35. The molecule has 2 unspecified atom stereocenters. The largest absolute Gasteiger partial charge is 0.324 e. The topological polar surface area (TPSA) is 36.8 Å². The zero-order valence-electron chi connectivity index (χ0n) is 29.3. The van der Waals surface area contributed by atoms with Crippen molar-refractivity contribution in [2.24, 2.45) is 9.98 Å². The molecule has 6 aromatic rings. The van der Waals surface area contributed by atoms with Crippen LogP contribution in [0.15, 0.2) is 162 Å². The zero-order chi connectivity index (χ0) is 34.7. The second-order valence-corrected chi connectivity index (χ2v) is 14.3. The number of rotatable bonds is 6. The van der Waals surface area contributed by atoms with E-state index in [2.05, 4.69) is 172 Å². The molecule has 51 heavy (non-hydrogen) atoms. The number of amidine groups is 2. The Morgan fingerprint density at radius 3 is 2.31 bits per heavy atom. The summed E-state index contributed by atoms with van der Waals surface area (Å²) in [6, 6.07) is 39.4. The predicted octanol–water partition coefficient (Wildman–Crippen LogP) is 12.4. The molecule has 0 saturated carbocycles. The quantitative estimate of drug-likeness (QED) is 0.175. The molecule has 8 rings (SSSR count). The first-order valence-electron chi connectivity index (χ1n) is 17.9. The van der Waals surface area contributed by atoms with Gasteiger partial charge in [-0.3, -0.25) is 0 Å². The van der Waals surface area contributed by atoms with Crippen molar-refractivity contribution in [3.63, 3.8) is 0 Å². The number of hydrogen-bond acceptors (Lipinski definition) is 4. The Morgan fingerprint density at radius 1 is 0.765 bits per heavy atom. The summed E-state index contributed by atoms with van der Waals surface area (Å²) in [5, 5.41) is 6.14. The van der Waals surface area contributed by atoms with Gasteiger partial charge in [-0.15, -0.1) is 11.3 Å². The van der Waals surface area contributed by atoms with Crippen LogP contribution in [-0.4, -0.2) is 11.7 Å². The molecular weight excluding hydrogens is 639 g/mol. The Balaban J connectivity index is 1.33. The van der Waals surface area contributed by atoms with Crippen molar-refractivity contribution in [2.45, 2.75) is 45.7 Å². The third-order valence-electron chi connectivity index (χ3n) is 9.90. The average molecular weight is 680 g/mol. The molecule has 0 amide bonds. The minimum Gasteiger partial charge on any atom is -0.324 e. The maximum atomic E-state index is 5.35. The van der Waals surface area contributed by atoms with Crippen molar-refractivity contribution in [1.82, 2.24) is 5.32 Å². The lowest BCUT2D eigenvalue weighted by atomic mass is 9.85. The van der Waals surface area contributed by atoms with E-state index in [1.807, 2.05) is 17.4 Å². The van der Waals surface area contributed by atoms with Crippen molar-refractivity contribution in [1.29, 1.82) is 0 Å². The van der Waals surface area contributed by atoms with Crippen LogP contribution in [0, 0.1) is 0 Å². The van der Waals surface area contributed by atoms with E-state index >= 15 is 0 Å². The highest BCUT2D eigenvalue weighted by Crippen LogP contribution is 2.45.